The molecule has 156 valence electrons. The number of benzene rings is 2. The van der Waals surface area contributed by atoms with E-state index < -0.39 is 0 Å². The van der Waals surface area contributed by atoms with E-state index in [1.807, 2.05) is 25.1 Å². The highest BCUT2D eigenvalue weighted by Gasteiger charge is 2.19. The number of carbonyl (C=O) groups excluding carboxylic acids is 1. The zero-order chi connectivity index (χ0) is 20.8. The molecule has 2 atom stereocenters. The van der Waals surface area contributed by atoms with Gasteiger partial charge >= 0.3 is 0 Å². The van der Waals surface area contributed by atoms with Gasteiger partial charge in [0.05, 0.1) is 24.4 Å². The van der Waals surface area contributed by atoms with Gasteiger partial charge in [-0.3, -0.25) is 4.79 Å². The SMILES string of the molecule is C[C@@H](NC(=O)CSc1nnnn1C[C@@H]1CCCO1)c1ccc(-c2ccccc2)cc1. The van der Waals surface area contributed by atoms with Crippen LogP contribution in [0.4, 0.5) is 0 Å². The first kappa shape index (κ1) is 20.6. The van der Waals surface area contributed by atoms with E-state index >= 15 is 0 Å². The third kappa shape index (κ3) is 5.25. The topological polar surface area (TPSA) is 81.9 Å². The maximum Gasteiger partial charge on any atom is 0.230 e. The van der Waals surface area contributed by atoms with Crippen LogP contribution >= 0.6 is 11.8 Å². The molecule has 0 radical (unpaired) electrons. The quantitative estimate of drug-likeness (QED) is 0.559. The van der Waals surface area contributed by atoms with Crippen molar-refractivity contribution in [2.75, 3.05) is 12.4 Å². The molecule has 0 unspecified atom stereocenters. The third-order valence-electron chi connectivity index (χ3n) is 5.13. The molecule has 7 nitrogen and oxygen atoms in total. The number of nitrogens with one attached hydrogen (secondary N) is 1. The normalized spacial score (nSPS) is 17.0. The van der Waals surface area contributed by atoms with E-state index in [9.17, 15) is 4.79 Å². The fourth-order valence-corrected chi connectivity index (χ4v) is 4.18. The summed E-state index contributed by atoms with van der Waals surface area (Å²) in [6.07, 6.45) is 2.24. The molecule has 3 aromatic rings. The second-order valence-corrected chi connectivity index (χ2v) is 8.29. The van der Waals surface area contributed by atoms with Gasteiger partial charge in [0, 0.05) is 6.61 Å². The Hall–Kier alpha value is -2.71. The zero-order valence-corrected chi connectivity index (χ0v) is 17.7. The molecule has 1 saturated heterocycles. The van der Waals surface area contributed by atoms with Crippen LogP contribution in [-0.4, -0.2) is 44.6 Å². The summed E-state index contributed by atoms with van der Waals surface area (Å²) in [5.74, 6) is 0.213. The van der Waals surface area contributed by atoms with Crippen LogP contribution in [0.1, 0.15) is 31.4 Å². The highest BCUT2D eigenvalue weighted by atomic mass is 32.2. The fraction of sp³-hybridized carbons (Fsp3) is 0.364. The third-order valence-corrected chi connectivity index (χ3v) is 6.08. The molecule has 2 aromatic carbocycles. The molecule has 30 heavy (non-hydrogen) atoms. The summed E-state index contributed by atoms with van der Waals surface area (Å²) in [6.45, 7) is 3.41. The number of thioether (sulfide) groups is 1. The molecule has 1 aromatic heterocycles. The summed E-state index contributed by atoms with van der Waals surface area (Å²) < 4.78 is 7.36. The lowest BCUT2D eigenvalue weighted by Crippen LogP contribution is -2.28. The van der Waals surface area contributed by atoms with Crippen LogP contribution in [0.3, 0.4) is 0 Å². The maximum atomic E-state index is 12.4. The van der Waals surface area contributed by atoms with Crippen LogP contribution in [0.5, 0.6) is 0 Å². The molecule has 1 N–H and O–H groups in total. The molecule has 0 bridgehead atoms. The van der Waals surface area contributed by atoms with Gasteiger partial charge in [-0.1, -0.05) is 66.4 Å². The van der Waals surface area contributed by atoms with E-state index in [0.717, 1.165) is 30.6 Å². The first-order valence-electron chi connectivity index (χ1n) is 10.1. The zero-order valence-electron chi connectivity index (χ0n) is 16.9. The van der Waals surface area contributed by atoms with Crippen molar-refractivity contribution in [3.8, 4) is 11.1 Å². The Bertz CT molecular complexity index is 955. The predicted molar refractivity (Wildman–Crippen MR) is 116 cm³/mol. The number of tetrazole rings is 1. The Morgan fingerprint density at radius 1 is 1.20 bits per heavy atom. The Morgan fingerprint density at radius 2 is 1.97 bits per heavy atom. The number of hydrogen-bond acceptors (Lipinski definition) is 6. The van der Waals surface area contributed by atoms with Crippen molar-refractivity contribution >= 4 is 17.7 Å². The first-order chi connectivity index (χ1) is 14.7. The molecule has 2 heterocycles. The minimum Gasteiger partial charge on any atom is -0.376 e. The molecule has 0 aliphatic carbocycles. The molecule has 1 fully saturated rings. The number of hydrogen-bond donors (Lipinski definition) is 1. The van der Waals surface area contributed by atoms with E-state index in [1.54, 1.807) is 4.68 Å². The molecule has 0 spiro atoms. The number of nitrogens with zero attached hydrogens (tertiary/aromatic N) is 4. The number of aromatic nitrogens is 4. The van der Waals surface area contributed by atoms with Crippen molar-refractivity contribution in [1.82, 2.24) is 25.5 Å². The Balaban J connectivity index is 1.28. The van der Waals surface area contributed by atoms with E-state index in [2.05, 4.69) is 57.2 Å². The van der Waals surface area contributed by atoms with E-state index in [-0.39, 0.29) is 23.8 Å². The average Bonchev–Trinajstić information content (AvgIpc) is 3.45. The van der Waals surface area contributed by atoms with Gasteiger partial charge in [-0.25, -0.2) is 4.68 Å². The van der Waals surface area contributed by atoms with Gasteiger partial charge in [0.1, 0.15) is 0 Å². The van der Waals surface area contributed by atoms with Crippen LogP contribution in [0.25, 0.3) is 11.1 Å². The maximum absolute atomic E-state index is 12.4. The largest absolute Gasteiger partial charge is 0.376 e. The number of rotatable bonds is 8. The lowest BCUT2D eigenvalue weighted by atomic mass is 10.0. The lowest BCUT2D eigenvalue weighted by Gasteiger charge is -2.15. The standard InChI is InChI=1S/C22H25N5O2S/c1-16(17-9-11-19(12-10-17)18-6-3-2-4-7-18)23-21(28)15-30-22-24-25-26-27(22)14-20-8-5-13-29-20/h2-4,6-7,9-12,16,20H,5,8,13-15H2,1H3,(H,23,28)/t16-,20+/m1/s1. The monoisotopic (exact) mass is 423 g/mol. The minimum absolute atomic E-state index is 0.0497. The Morgan fingerprint density at radius 3 is 2.70 bits per heavy atom. The average molecular weight is 424 g/mol. The smallest absolute Gasteiger partial charge is 0.230 e. The van der Waals surface area contributed by atoms with Crippen LogP contribution < -0.4 is 5.32 Å². The lowest BCUT2D eigenvalue weighted by molar-refractivity contribution is -0.119. The van der Waals surface area contributed by atoms with Crippen molar-refractivity contribution < 1.29 is 9.53 Å². The minimum atomic E-state index is -0.0780. The summed E-state index contributed by atoms with van der Waals surface area (Å²) >= 11 is 1.34. The van der Waals surface area contributed by atoms with Gasteiger partial charge in [-0.15, -0.1) is 5.10 Å². The van der Waals surface area contributed by atoms with Gasteiger partial charge in [0.15, 0.2) is 0 Å². The summed E-state index contributed by atoms with van der Waals surface area (Å²) in [5.41, 5.74) is 3.40. The summed E-state index contributed by atoms with van der Waals surface area (Å²) in [5, 5.41) is 15.5. The molecule has 0 saturated carbocycles. The van der Waals surface area contributed by atoms with Crippen LogP contribution in [-0.2, 0) is 16.1 Å². The number of amides is 1. The Kier molecular flexibility index (Phi) is 6.76. The van der Waals surface area contributed by atoms with Crippen LogP contribution in [0, 0.1) is 0 Å². The summed E-state index contributed by atoms with van der Waals surface area (Å²) in [4.78, 5) is 12.4. The fourth-order valence-electron chi connectivity index (χ4n) is 3.49. The van der Waals surface area contributed by atoms with Gasteiger partial charge in [-0.05, 0) is 46.9 Å². The van der Waals surface area contributed by atoms with Crippen molar-refractivity contribution in [3.63, 3.8) is 0 Å². The molecule has 8 heteroatoms. The number of ether oxygens (including phenoxy) is 1. The van der Waals surface area contributed by atoms with Gasteiger partial charge in [0.25, 0.3) is 0 Å². The molecule has 1 aliphatic heterocycles. The highest BCUT2D eigenvalue weighted by molar-refractivity contribution is 7.99. The van der Waals surface area contributed by atoms with E-state index in [0.29, 0.717) is 11.7 Å². The predicted octanol–water partition coefficient (Wildman–Crippen LogP) is 3.49. The second kappa shape index (κ2) is 9.86. The molecular formula is C22H25N5O2S. The summed E-state index contributed by atoms with van der Waals surface area (Å²) in [7, 11) is 0. The van der Waals surface area contributed by atoms with Crippen molar-refractivity contribution in [1.29, 1.82) is 0 Å². The van der Waals surface area contributed by atoms with Crippen LogP contribution in [0.2, 0.25) is 0 Å². The van der Waals surface area contributed by atoms with Crippen molar-refractivity contribution in [2.24, 2.45) is 0 Å². The van der Waals surface area contributed by atoms with Crippen molar-refractivity contribution in [2.45, 2.75) is 43.6 Å². The molecule has 1 aliphatic rings. The van der Waals surface area contributed by atoms with Crippen molar-refractivity contribution in [3.05, 3.63) is 60.2 Å². The highest BCUT2D eigenvalue weighted by Crippen LogP contribution is 2.22. The second-order valence-electron chi connectivity index (χ2n) is 7.34. The summed E-state index contributed by atoms with van der Waals surface area (Å²) in [6, 6.07) is 18.4. The Labute approximate surface area is 180 Å². The molecular weight excluding hydrogens is 398 g/mol. The molecule has 4 rings (SSSR count). The van der Waals surface area contributed by atoms with Crippen LogP contribution in [0.15, 0.2) is 59.8 Å². The van der Waals surface area contributed by atoms with E-state index in [1.165, 1.54) is 17.3 Å². The van der Waals surface area contributed by atoms with E-state index in [4.69, 9.17) is 4.74 Å². The number of carbonyl (C=O) groups is 1. The van der Waals surface area contributed by atoms with Gasteiger partial charge < -0.3 is 10.1 Å². The van der Waals surface area contributed by atoms with Gasteiger partial charge in [0.2, 0.25) is 11.1 Å². The van der Waals surface area contributed by atoms with Gasteiger partial charge in [-0.2, -0.15) is 0 Å². The first-order valence-corrected chi connectivity index (χ1v) is 11.1. The molecule has 1 amide bonds.